The van der Waals surface area contributed by atoms with Gasteiger partial charge in [0, 0.05) is 19.5 Å². The Labute approximate surface area is 186 Å². The zero-order valence-electron chi connectivity index (χ0n) is 16.5. The molecule has 2 aliphatic rings. The van der Waals surface area contributed by atoms with Gasteiger partial charge >= 0.3 is 0 Å². The van der Waals surface area contributed by atoms with Crippen molar-refractivity contribution in [2.45, 2.75) is 61.3 Å². The largest absolute Gasteiger partial charge is 0.665 e. The molecule has 0 radical (unpaired) electrons. The van der Waals surface area contributed by atoms with Crippen LogP contribution in [0, 0.1) is 0 Å². The summed E-state index contributed by atoms with van der Waals surface area (Å²) < 4.78 is 10.5. The second kappa shape index (κ2) is 13.6. The summed E-state index contributed by atoms with van der Waals surface area (Å²) >= 11 is 0. The minimum atomic E-state index is -1.48. The van der Waals surface area contributed by atoms with Crippen LogP contribution in [-0.4, -0.2) is 142 Å². The SMILES string of the molecule is OCC1OC([N-]CC[N-]CC[N-]C2OC(CO)C(O)C(O)C2O)C(O)C(O)C1O.[Zn]. The van der Waals surface area contributed by atoms with E-state index in [1.165, 1.54) is 0 Å². The maximum Gasteiger partial charge on any atom is 0.111 e. The Balaban J connectivity index is 0.00000450. The summed E-state index contributed by atoms with van der Waals surface area (Å²) in [5.74, 6) is 0. The van der Waals surface area contributed by atoms with Crippen LogP contribution in [0.1, 0.15) is 0 Å². The van der Waals surface area contributed by atoms with Crippen molar-refractivity contribution in [3.8, 4) is 0 Å². The number of aliphatic hydroxyl groups excluding tert-OH is 8. The molecule has 0 aromatic heterocycles. The first-order valence-corrected chi connectivity index (χ1v) is 9.39. The summed E-state index contributed by atoms with van der Waals surface area (Å²) in [4.78, 5) is 0. The van der Waals surface area contributed by atoms with Gasteiger partial charge in [0.1, 0.15) is 36.6 Å². The van der Waals surface area contributed by atoms with Gasteiger partial charge in [-0.3, -0.25) is 0 Å². The Hall–Kier alpha value is 0.103. The molecule has 0 saturated carbocycles. The van der Waals surface area contributed by atoms with Crippen LogP contribution >= 0.6 is 0 Å². The smallest absolute Gasteiger partial charge is 0.111 e. The van der Waals surface area contributed by atoms with Crippen molar-refractivity contribution in [1.29, 1.82) is 0 Å². The van der Waals surface area contributed by atoms with Crippen molar-refractivity contribution in [2.75, 3.05) is 39.4 Å². The van der Waals surface area contributed by atoms with Gasteiger partial charge in [0.15, 0.2) is 0 Å². The molecule has 2 saturated heterocycles. The van der Waals surface area contributed by atoms with Crippen molar-refractivity contribution in [1.82, 2.24) is 0 Å². The van der Waals surface area contributed by atoms with Crippen LogP contribution < -0.4 is 0 Å². The summed E-state index contributed by atoms with van der Waals surface area (Å²) in [6.07, 6.45) is -12.9. The van der Waals surface area contributed by atoms with E-state index in [1.54, 1.807) is 0 Å². The molecule has 0 aromatic rings. The van der Waals surface area contributed by atoms with Crippen LogP contribution in [0.2, 0.25) is 0 Å². The minimum Gasteiger partial charge on any atom is -0.665 e. The molecule has 2 fully saturated rings. The van der Waals surface area contributed by atoms with Gasteiger partial charge in [0.25, 0.3) is 0 Å². The zero-order chi connectivity index (χ0) is 21.6. The number of aliphatic hydroxyl groups is 8. The van der Waals surface area contributed by atoms with Crippen LogP contribution in [0.3, 0.4) is 0 Å². The Morgan fingerprint density at radius 3 is 1.23 bits per heavy atom. The van der Waals surface area contributed by atoms with Crippen LogP contribution in [0.4, 0.5) is 0 Å². The molecule has 10 atom stereocenters. The summed E-state index contributed by atoms with van der Waals surface area (Å²) in [6, 6.07) is 0. The van der Waals surface area contributed by atoms with E-state index in [4.69, 9.17) is 19.7 Å². The Bertz CT molecular complexity index is 441. The van der Waals surface area contributed by atoms with Gasteiger partial charge in [-0.05, 0) is 12.5 Å². The van der Waals surface area contributed by atoms with Crippen molar-refractivity contribution in [3.63, 3.8) is 0 Å². The average molecular weight is 490 g/mol. The molecule has 0 bridgehead atoms. The van der Waals surface area contributed by atoms with Crippen LogP contribution in [0.15, 0.2) is 0 Å². The second-order valence-electron chi connectivity index (χ2n) is 6.92. The third-order valence-corrected chi connectivity index (χ3v) is 4.87. The van der Waals surface area contributed by atoms with E-state index < -0.39 is 74.5 Å². The molecule has 0 spiro atoms. The molecule has 174 valence electrons. The topological polar surface area (TPSA) is 223 Å². The third-order valence-electron chi connectivity index (χ3n) is 4.87. The fraction of sp³-hybridized carbons (Fsp3) is 1.00. The Morgan fingerprint density at radius 2 is 0.900 bits per heavy atom. The summed E-state index contributed by atoms with van der Waals surface area (Å²) in [5.41, 5.74) is 0. The summed E-state index contributed by atoms with van der Waals surface area (Å²) in [7, 11) is 0. The molecule has 13 nitrogen and oxygen atoms in total. The number of rotatable bonds is 10. The first-order chi connectivity index (χ1) is 13.8. The molecule has 0 aromatic carbocycles. The van der Waals surface area contributed by atoms with E-state index in [9.17, 15) is 30.6 Å². The maximum atomic E-state index is 9.86. The molecule has 2 heterocycles. The van der Waals surface area contributed by atoms with Crippen LogP contribution in [0.25, 0.3) is 16.0 Å². The first-order valence-electron chi connectivity index (χ1n) is 9.39. The second-order valence-corrected chi connectivity index (χ2v) is 6.92. The molecule has 0 aliphatic carbocycles. The molecule has 10 unspecified atom stereocenters. The third kappa shape index (κ3) is 7.05. The van der Waals surface area contributed by atoms with Crippen molar-refractivity contribution in [2.24, 2.45) is 0 Å². The average Bonchev–Trinajstić information content (AvgIpc) is 2.72. The van der Waals surface area contributed by atoms with Gasteiger partial charge < -0.3 is 66.3 Å². The van der Waals surface area contributed by atoms with Gasteiger partial charge in [0.2, 0.25) is 0 Å². The number of nitrogens with zero attached hydrogens (tertiary/aromatic N) is 3. The molecule has 2 rings (SSSR count). The van der Waals surface area contributed by atoms with Crippen LogP contribution in [-0.2, 0) is 29.0 Å². The van der Waals surface area contributed by atoms with Crippen LogP contribution in [0.5, 0.6) is 0 Å². The number of ether oxygens (including phenoxy) is 2. The van der Waals surface area contributed by atoms with E-state index in [-0.39, 0.29) is 45.7 Å². The monoisotopic (exact) mass is 488 g/mol. The normalized spacial score (nSPS) is 42.0. The predicted molar refractivity (Wildman–Crippen MR) is 97.1 cm³/mol. The van der Waals surface area contributed by atoms with Gasteiger partial charge in [-0.15, -0.1) is 0 Å². The van der Waals surface area contributed by atoms with Crippen molar-refractivity contribution in [3.05, 3.63) is 16.0 Å². The minimum absolute atomic E-state index is 0. The molecule has 30 heavy (non-hydrogen) atoms. The van der Waals surface area contributed by atoms with Gasteiger partial charge in [-0.1, -0.05) is 0 Å². The summed E-state index contributed by atoms with van der Waals surface area (Å²) in [6.45, 7) is -0.245. The van der Waals surface area contributed by atoms with Gasteiger partial charge in [-0.25, -0.2) is 0 Å². The summed E-state index contributed by atoms with van der Waals surface area (Å²) in [5, 5.41) is 89.0. The molecular formula is C16H30N3O10Zn-3. The van der Waals surface area contributed by atoms with E-state index in [0.717, 1.165) is 0 Å². The van der Waals surface area contributed by atoms with E-state index in [1.807, 2.05) is 0 Å². The fourth-order valence-electron chi connectivity index (χ4n) is 3.09. The molecule has 0 amide bonds. The quantitative estimate of drug-likeness (QED) is 0.109. The van der Waals surface area contributed by atoms with Crippen molar-refractivity contribution < 1.29 is 69.8 Å². The standard InChI is InChI=1S/C16H30N3O10.Zn/c20-5-7-9(22)11(24)13(26)15(28-7)18-3-1-17-2-4-19-16-14(27)12(25)10(23)8(6-21)29-16;/h7-16,20-27H,1-6H2;/q-3;. The maximum absolute atomic E-state index is 9.86. The molecular weight excluding hydrogens is 460 g/mol. The Kier molecular flexibility index (Phi) is 12.8. The molecule has 2 aliphatic heterocycles. The first kappa shape index (κ1) is 28.1. The molecule has 14 heteroatoms. The van der Waals surface area contributed by atoms with Gasteiger partial charge in [0.05, 0.1) is 25.4 Å². The van der Waals surface area contributed by atoms with E-state index >= 15 is 0 Å². The predicted octanol–water partition coefficient (Wildman–Crippen LogP) is -4.30. The Morgan fingerprint density at radius 1 is 0.533 bits per heavy atom. The van der Waals surface area contributed by atoms with Gasteiger partial charge in [-0.2, -0.15) is 26.2 Å². The van der Waals surface area contributed by atoms with E-state index in [2.05, 4.69) is 16.0 Å². The molecule has 8 N–H and O–H groups in total. The van der Waals surface area contributed by atoms with Crippen molar-refractivity contribution >= 4 is 0 Å². The number of hydrogen-bond acceptors (Lipinski definition) is 10. The number of hydrogen-bond donors (Lipinski definition) is 8. The zero-order valence-corrected chi connectivity index (χ0v) is 19.4. The van der Waals surface area contributed by atoms with E-state index in [0.29, 0.717) is 0 Å². The fourth-order valence-corrected chi connectivity index (χ4v) is 3.09.